The van der Waals surface area contributed by atoms with Gasteiger partial charge in [0.25, 0.3) is 0 Å². The normalized spacial score (nSPS) is 24.2. The van der Waals surface area contributed by atoms with E-state index in [0.717, 1.165) is 18.2 Å². The molecule has 0 N–H and O–H groups in total. The molecular weight excluding hydrogens is 242 g/mol. The fourth-order valence-corrected chi connectivity index (χ4v) is 3.37. The third-order valence-electron chi connectivity index (χ3n) is 3.79. The molecule has 0 radical (unpaired) electrons. The number of benzene rings is 1. The van der Waals surface area contributed by atoms with Crippen molar-refractivity contribution in [3.05, 3.63) is 41.4 Å². The molecular formula is C14H17N3S. The fourth-order valence-electron chi connectivity index (χ4n) is 2.78. The summed E-state index contributed by atoms with van der Waals surface area (Å²) in [6.07, 6.45) is 2.46. The van der Waals surface area contributed by atoms with Gasteiger partial charge in [-0.2, -0.15) is 0 Å². The Morgan fingerprint density at radius 3 is 2.83 bits per heavy atom. The molecule has 4 heteroatoms. The van der Waals surface area contributed by atoms with E-state index in [2.05, 4.69) is 52.4 Å². The molecule has 2 heterocycles. The molecule has 1 unspecified atom stereocenters. The minimum absolute atomic E-state index is 0.227. The van der Waals surface area contributed by atoms with Gasteiger partial charge >= 0.3 is 0 Å². The molecule has 1 aromatic carbocycles. The molecule has 1 aliphatic heterocycles. The first-order valence-corrected chi connectivity index (χ1v) is 7.23. The molecule has 1 aliphatic rings. The smallest absolute Gasteiger partial charge is 0.208 e. The summed E-state index contributed by atoms with van der Waals surface area (Å²) in [6, 6.07) is 10.8. The van der Waals surface area contributed by atoms with Gasteiger partial charge in [-0.3, -0.25) is 0 Å². The standard InChI is InChI=1S/C14H17N3S/c1-14(12-6-3-2-4-7-12)8-5-9-17(10-14)13-16-15-11-18-13/h2-4,6-7,11H,5,8-10H2,1H3. The Balaban J connectivity index is 1.85. The van der Waals surface area contributed by atoms with Crippen LogP contribution in [-0.2, 0) is 5.41 Å². The number of hydrogen-bond acceptors (Lipinski definition) is 4. The quantitative estimate of drug-likeness (QED) is 0.830. The van der Waals surface area contributed by atoms with Crippen molar-refractivity contribution in [3.63, 3.8) is 0 Å². The maximum atomic E-state index is 4.19. The van der Waals surface area contributed by atoms with E-state index in [1.165, 1.54) is 18.4 Å². The number of piperidine rings is 1. The van der Waals surface area contributed by atoms with Gasteiger partial charge in [-0.1, -0.05) is 48.6 Å². The van der Waals surface area contributed by atoms with Crippen molar-refractivity contribution in [2.24, 2.45) is 0 Å². The number of rotatable bonds is 2. The van der Waals surface area contributed by atoms with Crippen LogP contribution in [0, 0.1) is 0 Å². The largest absolute Gasteiger partial charge is 0.346 e. The summed E-state index contributed by atoms with van der Waals surface area (Å²) in [7, 11) is 0. The Morgan fingerprint density at radius 1 is 1.28 bits per heavy atom. The van der Waals surface area contributed by atoms with Gasteiger partial charge in [0.2, 0.25) is 5.13 Å². The van der Waals surface area contributed by atoms with Crippen LogP contribution in [0.15, 0.2) is 35.8 Å². The molecule has 1 atom stereocenters. The number of hydrogen-bond donors (Lipinski definition) is 0. The topological polar surface area (TPSA) is 29.0 Å². The van der Waals surface area contributed by atoms with E-state index in [-0.39, 0.29) is 5.41 Å². The monoisotopic (exact) mass is 259 g/mol. The molecule has 0 bridgehead atoms. The first kappa shape index (κ1) is 11.7. The fraction of sp³-hybridized carbons (Fsp3) is 0.429. The zero-order valence-electron chi connectivity index (χ0n) is 10.5. The van der Waals surface area contributed by atoms with Crippen LogP contribution in [0.5, 0.6) is 0 Å². The van der Waals surface area contributed by atoms with Crippen molar-refractivity contribution < 1.29 is 0 Å². The molecule has 0 amide bonds. The molecule has 1 fully saturated rings. The molecule has 0 spiro atoms. The van der Waals surface area contributed by atoms with Crippen LogP contribution in [0.1, 0.15) is 25.3 Å². The molecule has 0 aliphatic carbocycles. The summed E-state index contributed by atoms with van der Waals surface area (Å²) < 4.78 is 0. The van der Waals surface area contributed by atoms with Crippen molar-refractivity contribution in [2.75, 3.05) is 18.0 Å². The van der Waals surface area contributed by atoms with Gasteiger partial charge in [0, 0.05) is 18.5 Å². The number of aromatic nitrogens is 2. The highest BCUT2D eigenvalue weighted by atomic mass is 32.1. The van der Waals surface area contributed by atoms with Crippen molar-refractivity contribution in [3.8, 4) is 0 Å². The molecule has 2 aromatic rings. The average molecular weight is 259 g/mol. The summed E-state index contributed by atoms with van der Waals surface area (Å²) >= 11 is 1.63. The average Bonchev–Trinajstić information content (AvgIpc) is 2.94. The molecule has 0 saturated carbocycles. The molecule has 3 nitrogen and oxygen atoms in total. The number of anilines is 1. The van der Waals surface area contributed by atoms with Gasteiger partial charge in [0.05, 0.1) is 0 Å². The van der Waals surface area contributed by atoms with E-state index in [1.807, 2.05) is 5.51 Å². The van der Waals surface area contributed by atoms with E-state index in [0.29, 0.717) is 0 Å². The lowest BCUT2D eigenvalue weighted by Gasteiger charge is -2.40. The summed E-state index contributed by atoms with van der Waals surface area (Å²) in [5.41, 5.74) is 3.47. The van der Waals surface area contributed by atoms with Crippen LogP contribution in [-0.4, -0.2) is 23.3 Å². The lowest BCUT2D eigenvalue weighted by Crippen LogP contribution is -2.44. The minimum atomic E-state index is 0.227. The predicted molar refractivity (Wildman–Crippen MR) is 75.2 cm³/mol. The van der Waals surface area contributed by atoms with Gasteiger partial charge in [-0.05, 0) is 18.4 Å². The maximum absolute atomic E-state index is 4.19. The lowest BCUT2D eigenvalue weighted by atomic mass is 9.76. The summed E-state index contributed by atoms with van der Waals surface area (Å²) in [5.74, 6) is 0. The molecule has 18 heavy (non-hydrogen) atoms. The highest BCUT2D eigenvalue weighted by Gasteiger charge is 2.33. The first-order chi connectivity index (χ1) is 8.78. The van der Waals surface area contributed by atoms with Crippen molar-refractivity contribution in [1.82, 2.24) is 10.2 Å². The zero-order chi connectivity index (χ0) is 12.4. The second kappa shape index (κ2) is 4.69. The van der Waals surface area contributed by atoms with Gasteiger partial charge in [-0.15, -0.1) is 10.2 Å². The summed E-state index contributed by atoms with van der Waals surface area (Å²) in [4.78, 5) is 2.37. The van der Waals surface area contributed by atoms with E-state index >= 15 is 0 Å². The third kappa shape index (κ3) is 2.12. The van der Waals surface area contributed by atoms with Gasteiger partial charge in [0.15, 0.2) is 0 Å². The second-order valence-corrected chi connectivity index (χ2v) is 5.98. The Kier molecular flexibility index (Phi) is 3.04. The summed E-state index contributed by atoms with van der Waals surface area (Å²) in [5, 5.41) is 9.19. The molecule has 94 valence electrons. The van der Waals surface area contributed by atoms with Crippen LogP contribution >= 0.6 is 11.3 Å². The number of nitrogens with zero attached hydrogens (tertiary/aromatic N) is 3. The molecule has 1 saturated heterocycles. The highest BCUT2D eigenvalue weighted by molar-refractivity contribution is 7.13. The second-order valence-electron chi connectivity index (χ2n) is 5.17. The zero-order valence-corrected chi connectivity index (χ0v) is 11.4. The maximum Gasteiger partial charge on any atom is 0.208 e. The first-order valence-electron chi connectivity index (χ1n) is 6.35. The van der Waals surface area contributed by atoms with Crippen molar-refractivity contribution in [1.29, 1.82) is 0 Å². The van der Waals surface area contributed by atoms with E-state index in [9.17, 15) is 0 Å². The van der Waals surface area contributed by atoms with Crippen molar-refractivity contribution >= 4 is 16.5 Å². The van der Waals surface area contributed by atoms with E-state index in [4.69, 9.17) is 0 Å². The van der Waals surface area contributed by atoms with Gasteiger partial charge < -0.3 is 4.90 Å². The Morgan fingerprint density at radius 2 is 2.11 bits per heavy atom. The highest BCUT2D eigenvalue weighted by Crippen LogP contribution is 2.35. The van der Waals surface area contributed by atoms with E-state index in [1.54, 1.807) is 11.3 Å². The summed E-state index contributed by atoms with van der Waals surface area (Å²) in [6.45, 7) is 4.49. The van der Waals surface area contributed by atoms with Crippen LogP contribution in [0.4, 0.5) is 5.13 Å². The van der Waals surface area contributed by atoms with Crippen LogP contribution in [0.2, 0.25) is 0 Å². The Labute approximate surface area is 111 Å². The lowest BCUT2D eigenvalue weighted by molar-refractivity contribution is 0.373. The van der Waals surface area contributed by atoms with Crippen molar-refractivity contribution in [2.45, 2.75) is 25.2 Å². The Bertz CT molecular complexity index is 497. The third-order valence-corrected chi connectivity index (χ3v) is 4.54. The Hall–Kier alpha value is -1.42. The van der Waals surface area contributed by atoms with Crippen LogP contribution in [0.25, 0.3) is 0 Å². The van der Waals surface area contributed by atoms with Gasteiger partial charge in [-0.25, -0.2) is 0 Å². The molecule has 1 aromatic heterocycles. The molecule has 3 rings (SSSR count). The SMILES string of the molecule is CC1(c2ccccc2)CCCN(c2nncs2)C1. The minimum Gasteiger partial charge on any atom is -0.346 e. The van der Waals surface area contributed by atoms with E-state index < -0.39 is 0 Å². The van der Waals surface area contributed by atoms with Crippen LogP contribution < -0.4 is 4.90 Å². The van der Waals surface area contributed by atoms with Gasteiger partial charge in [0.1, 0.15) is 5.51 Å². The predicted octanol–water partition coefficient (Wildman–Crippen LogP) is 3.10. The van der Waals surface area contributed by atoms with Crippen LogP contribution in [0.3, 0.4) is 0 Å².